The van der Waals surface area contributed by atoms with Crippen LogP contribution < -0.4 is 16.0 Å². The van der Waals surface area contributed by atoms with Gasteiger partial charge in [0.25, 0.3) is 12.4 Å². The summed E-state index contributed by atoms with van der Waals surface area (Å²) in [6.07, 6.45) is 1.52. The SMILES string of the molecule is COCC(NC(=O)c1cnc(C)s1)C(=O)NC(COC)C(=O)NC(Cc1ccccc1)C(=O)C(C)(CI)OC=O. The zero-order chi connectivity index (χ0) is 29.7. The molecule has 1 aromatic carbocycles. The molecule has 12 nitrogen and oxygen atoms in total. The van der Waals surface area contributed by atoms with Gasteiger partial charge in [-0.15, -0.1) is 11.3 Å². The predicted octanol–water partition coefficient (Wildman–Crippen LogP) is 0.991. The van der Waals surface area contributed by atoms with E-state index in [4.69, 9.17) is 14.2 Å². The van der Waals surface area contributed by atoms with Crippen LogP contribution in [0, 0.1) is 6.92 Å². The van der Waals surface area contributed by atoms with Crippen LogP contribution in [-0.2, 0) is 39.8 Å². The summed E-state index contributed by atoms with van der Waals surface area (Å²) in [7, 11) is 2.72. The Balaban J connectivity index is 2.23. The number of ketones is 1. The van der Waals surface area contributed by atoms with Crippen molar-refractivity contribution < 1.29 is 38.2 Å². The highest BCUT2D eigenvalue weighted by Crippen LogP contribution is 2.19. The van der Waals surface area contributed by atoms with E-state index in [2.05, 4.69) is 20.9 Å². The Morgan fingerprint density at radius 2 is 1.57 bits per heavy atom. The first-order valence-electron chi connectivity index (χ1n) is 12.2. The number of methoxy groups -OCH3 is 2. The van der Waals surface area contributed by atoms with E-state index in [-0.39, 0.29) is 30.5 Å². The predicted molar refractivity (Wildman–Crippen MR) is 155 cm³/mol. The van der Waals surface area contributed by atoms with Crippen molar-refractivity contribution in [3.05, 3.63) is 52.0 Å². The fraction of sp³-hybridized carbons (Fsp3) is 0.462. The van der Waals surface area contributed by atoms with Crippen LogP contribution in [0.1, 0.15) is 27.2 Å². The van der Waals surface area contributed by atoms with E-state index in [1.807, 2.05) is 28.7 Å². The number of halogens is 1. The molecular weight excluding hydrogens is 655 g/mol. The van der Waals surface area contributed by atoms with Gasteiger partial charge in [-0.05, 0) is 25.8 Å². The van der Waals surface area contributed by atoms with Crippen LogP contribution in [0.25, 0.3) is 0 Å². The Bertz CT molecular complexity index is 1160. The number of aromatic nitrogens is 1. The van der Waals surface area contributed by atoms with Crippen molar-refractivity contribution in [2.75, 3.05) is 31.9 Å². The van der Waals surface area contributed by atoms with Crippen molar-refractivity contribution in [3.8, 4) is 0 Å². The lowest BCUT2D eigenvalue weighted by Crippen LogP contribution is -2.60. The van der Waals surface area contributed by atoms with Gasteiger partial charge < -0.3 is 30.2 Å². The van der Waals surface area contributed by atoms with Crippen LogP contribution in [0.15, 0.2) is 36.5 Å². The van der Waals surface area contributed by atoms with E-state index in [0.29, 0.717) is 9.88 Å². The van der Waals surface area contributed by atoms with Gasteiger partial charge in [0.2, 0.25) is 11.8 Å². The van der Waals surface area contributed by atoms with E-state index >= 15 is 0 Å². The van der Waals surface area contributed by atoms with Crippen LogP contribution in [0.5, 0.6) is 0 Å². The third-order valence-corrected chi connectivity index (χ3v) is 8.13. The second-order valence-corrected chi connectivity index (χ2v) is 10.9. The van der Waals surface area contributed by atoms with Gasteiger partial charge in [0.1, 0.15) is 17.0 Å². The molecule has 0 fully saturated rings. The maximum atomic E-state index is 13.5. The van der Waals surface area contributed by atoms with Gasteiger partial charge in [0.05, 0.1) is 30.5 Å². The van der Waals surface area contributed by atoms with E-state index in [1.54, 1.807) is 31.2 Å². The number of carbonyl (C=O) groups is 5. The smallest absolute Gasteiger partial charge is 0.294 e. The van der Waals surface area contributed by atoms with Gasteiger partial charge in [0, 0.05) is 18.6 Å². The maximum absolute atomic E-state index is 13.5. The number of aryl methyl sites for hydroxylation is 1. The molecule has 0 bridgehead atoms. The Kier molecular flexibility index (Phi) is 13.6. The molecule has 0 radical (unpaired) electrons. The number of amides is 3. The van der Waals surface area contributed by atoms with Crippen molar-refractivity contribution >= 4 is 63.9 Å². The van der Waals surface area contributed by atoms with Crippen molar-refractivity contribution in [3.63, 3.8) is 0 Å². The molecule has 0 aliphatic rings. The number of hydrogen-bond donors (Lipinski definition) is 3. The number of nitrogens with zero attached hydrogens (tertiary/aromatic N) is 1. The first-order chi connectivity index (χ1) is 19.1. The zero-order valence-electron chi connectivity index (χ0n) is 22.6. The van der Waals surface area contributed by atoms with Crippen LogP contribution in [0.2, 0.25) is 0 Å². The molecule has 2 aromatic rings. The topological polar surface area (TPSA) is 162 Å². The summed E-state index contributed by atoms with van der Waals surface area (Å²) in [5.41, 5.74) is -0.728. The second-order valence-electron chi connectivity index (χ2n) is 8.94. The minimum absolute atomic E-state index is 0.115. The summed E-state index contributed by atoms with van der Waals surface area (Å²) in [6, 6.07) is 5.57. The normalized spacial score (nSPS) is 14.6. The Morgan fingerprint density at radius 3 is 2.08 bits per heavy atom. The highest BCUT2D eigenvalue weighted by atomic mass is 127. The van der Waals surface area contributed by atoms with E-state index in [1.165, 1.54) is 38.7 Å². The van der Waals surface area contributed by atoms with Crippen LogP contribution in [-0.4, -0.2) is 90.5 Å². The van der Waals surface area contributed by atoms with Crippen molar-refractivity contribution in [1.29, 1.82) is 0 Å². The molecule has 3 amide bonds. The Labute approximate surface area is 250 Å². The second kappa shape index (κ2) is 16.3. The lowest BCUT2D eigenvalue weighted by molar-refractivity contribution is -0.153. The molecule has 4 unspecified atom stereocenters. The van der Waals surface area contributed by atoms with Crippen molar-refractivity contribution in [2.24, 2.45) is 0 Å². The minimum atomic E-state index is -1.49. The number of benzene rings is 1. The summed E-state index contributed by atoms with van der Waals surface area (Å²) in [5, 5.41) is 8.53. The van der Waals surface area contributed by atoms with E-state index in [0.717, 1.165) is 5.56 Å². The largest absolute Gasteiger partial charge is 0.453 e. The van der Waals surface area contributed by atoms with Gasteiger partial charge in [0.15, 0.2) is 11.4 Å². The monoisotopic (exact) mass is 688 g/mol. The van der Waals surface area contributed by atoms with E-state index in [9.17, 15) is 24.0 Å². The first kappa shape index (κ1) is 33.3. The van der Waals surface area contributed by atoms with E-state index < -0.39 is 47.2 Å². The molecule has 1 aromatic heterocycles. The first-order valence-corrected chi connectivity index (χ1v) is 14.5. The highest BCUT2D eigenvalue weighted by Gasteiger charge is 2.40. The third kappa shape index (κ3) is 9.60. The summed E-state index contributed by atoms with van der Waals surface area (Å²) >= 11 is 3.10. The average molecular weight is 689 g/mol. The zero-order valence-corrected chi connectivity index (χ0v) is 25.6. The number of carbonyl (C=O) groups excluding carboxylic acids is 5. The standard InChI is InChI=1S/C26H33IN4O8S/c1-16-28-11-21(40-16)25(36)31-20(13-38-4)24(35)30-19(12-37-3)23(34)29-18(10-17-8-6-5-7-9-17)22(33)26(2,14-27)39-15-32/h5-9,11,15,18-20H,10,12-14H2,1-4H3,(H,29,34)(H,30,35)(H,31,36). The summed E-state index contributed by atoms with van der Waals surface area (Å²) < 4.78 is 15.5. The molecular formula is C26H33IN4O8S. The molecule has 0 aliphatic heterocycles. The molecule has 40 heavy (non-hydrogen) atoms. The molecule has 218 valence electrons. The molecule has 1 heterocycles. The van der Waals surface area contributed by atoms with Gasteiger partial charge in [-0.1, -0.05) is 52.9 Å². The lowest BCUT2D eigenvalue weighted by Gasteiger charge is -2.30. The number of hydrogen-bond acceptors (Lipinski definition) is 10. The quantitative estimate of drug-likeness (QED) is 0.125. The summed E-state index contributed by atoms with van der Waals surface area (Å²) in [5.74, 6) is -2.43. The number of thiazole rings is 1. The molecule has 3 N–H and O–H groups in total. The maximum Gasteiger partial charge on any atom is 0.294 e. The molecule has 0 spiro atoms. The number of Topliss-reactive ketones (excluding diaryl/α,β-unsaturated/α-hetero) is 1. The summed E-state index contributed by atoms with van der Waals surface area (Å²) in [4.78, 5) is 68.1. The van der Waals surface area contributed by atoms with Gasteiger partial charge in [-0.25, -0.2) is 4.98 Å². The van der Waals surface area contributed by atoms with Gasteiger partial charge >= 0.3 is 0 Å². The fourth-order valence-electron chi connectivity index (χ4n) is 3.63. The van der Waals surface area contributed by atoms with Crippen LogP contribution in [0.4, 0.5) is 0 Å². The molecule has 0 saturated heterocycles. The van der Waals surface area contributed by atoms with Gasteiger partial charge in [-0.3, -0.25) is 24.0 Å². The third-order valence-electron chi connectivity index (χ3n) is 5.77. The lowest BCUT2D eigenvalue weighted by atomic mass is 9.92. The fourth-order valence-corrected chi connectivity index (χ4v) is 4.87. The molecule has 0 aliphatic carbocycles. The number of nitrogens with one attached hydrogen (secondary N) is 3. The Hall–Kier alpha value is -2.95. The molecule has 0 saturated carbocycles. The minimum Gasteiger partial charge on any atom is -0.453 e. The Morgan fingerprint density at radius 1 is 1.00 bits per heavy atom. The van der Waals surface area contributed by atoms with Gasteiger partial charge in [-0.2, -0.15) is 0 Å². The molecule has 4 atom stereocenters. The molecule has 2 rings (SSSR count). The summed E-state index contributed by atoms with van der Waals surface area (Å²) in [6.45, 7) is 3.03. The number of ether oxygens (including phenoxy) is 3. The van der Waals surface area contributed by atoms with Crippen molar-refractivity contribution in [1.82, 2.24) is 20.9 Å². The highest BCUT2D eigenvalue weighted by molar-refractivity contribution is 14.1. The number of rotatable bonds is 17. The average Bonchev–Trinajstić information content (AvgIpc) is 3.38. The van der Waals surface area contributed by atoms with Crippen molar-refractivity contribution in [2.45, 2.75) is 44.0 Å². The number of alkyl halides is 1. The van der Waals surface area contributed by atoms with Crippen LogP contribution >= 0.6 is 33.9 Å². The molecule has 14 heteroatoms. The van der Waals surface area contributed by atoms with Crippen LogP contribution in [0.3, 0.4) is 0 Å².